The minimum atomic E-state index is -4.75. The van der Waals surface area contributed by atoms with Crippen LogP contribution in [0.3, 0.4) is 0 Å². The summed E-state index contributed by atoms with van der Waals surface area (Å²) in [5.74, 6) is 0.543. The van der Waals surface area contributed by atoms with Crippen LogP contribution >= 0.6 is 11.6 Å². The highest BCUT2D eigenvalue weighted by molar-refractivity contribution is 7.89. The zero-order valence-electron chi connectivity index (χ0n) is 14.3. The summed E-state index contributed by atoms with van der Waals surface area (Å²) < 4.78 is 65.7. The standard InChI is InChI=1S/C17H14ClF3N4O2S/c18-15-2-1-13(10-14(15)17(19,20)21)28(26,27)25-7-5-24(6-8-25)16-9-12(11-22)3-4-23-16/h1-4,9-10H,5-8H2. The summed E-state index contributed by atoms with van der Waals surface area (Å²) >= 11 is 5.56. The first-order valence-electron chi connectivity index (χ1n) is 8.11. The third-order valence-electron chi connectivity index (χ3n) is 4.32. The van der Waals surface area contributed by atoms with Crippen molar-refractivity contribution in [3.8, 4) is 6.07 Å². The molecule has 0 saturated carbocycles. The van der Waals surface area contributed by atoms with Crippen LogP contribution in [0.4, 0.5) is 19.0 Å². The maximum absolute atomic E-state index is 13.0. The van der Waals surface area contributed by atoms with Crippen molar-refractivity contribution in [2.24, 2.45) is 0 Å². The van der Waals surface area contributed by atoms with Gasteiger partial charge in [0.15, 0.2) is 0 Å². The lowest BCUT2D eigenvalue weighted by molar-refractivity contribution is -0.137. The van der Waals surface area contributed by atoms with Crippen molar-refractivity contribution in [3.63, 3.8) is 0 Å². The fraction of sp³-hybridized carbons (Fsp3) is 0.294. The van der Waals surface area contributed by atoms with E-state index in [-0.39, 0.29) is 13.1 Å². The highest BCUT2D eigenvalue weighted by Crippen LogP contribution is 2.36. The normalized spacial score (nSPS) is 16.0. The van der Waals surface area contributed by atoms with Gasteiger partial charge in [-0.1, -0.05) is 11.6 Å². The van der Waals surface area contributed by atoms with Crippen LogP contribution in [-0.4, -0.2) is 43.9 Å². The monoisotopic (exact) mass is 430 g/mol. The zero-order valence-corrected chi connectivity index (χ0v) is 15.9. The molecule has 0 N–H and O–H groups in total. The van der Waals surface area contributed by atoms with Crippen LogP contribution in [-0.2, 0) is 16.2 Å². The summed E-state index contributed by atoms with van der Waals surface area (Å²) in [5, 5.41) is 8.41. The minimum absolute atomic E-state index is 0.0742. The smallest absolute Gasteiger partial charge is 0.354 e. The molecule has 1 saturated heterocycles. The van der Waals surface area contributed by atoms with Gasteiger partial charge in [0.1, 0.15) is 5.82 Å². The molecule has 1 aromatic heterocycles. The number of sulfonamides is 1. The molecule has 0 bridgehead atoms. The van der Waals surface area contributed by atoms with Crippen molar-refractivity contribution < 1.29 is 21.6 Å². The molecular weight excluding hydrogens is 417 g/mol. The molecule has 2 heterocycles. The van der Waals surface area contributed by atoms with Crippen molar-refractivity contribution in [2.45, 2.75) is 11.1 Å². The Labute approximate surface area is 164 Å². The van der Waals surface area contributed by atoms with Gasteiger partial charge < -0.3 is 4.90 Å². The number of aromatic nitrogens is 1. The quantitative estimate of drug-likeness (QED) is 0.747. The van der Waals surface area contributed by atoms with Gasteiger partial charge >= 0.3 is 6.18 Å². The van der Waals surface area contributed by atoms with Crippen LogP contribution in [0.15, 0.2) is 41.4 Å². The summed E-state index contributed by atoms with van der Waals surface area (Å²) in [7, 11) is -4.10. The Morgan fingerprint density at radius 2 is 1.79 bits per heavy atom. The van der Waals surface area contributed by atoms with Gasteiger partial charge in [0.25, 0.3) is 0 Å². The Balaban J connectivity index is 1.79. The molecule has 11 heteroatoms. The average Bonchev–Trinajstić information content (AvgIpc) is 2.67. The zero-order chi connectivity index (χ0) is 20.5. The van der Waals surface area contributed by atoms with Gasteiger partial charge in [-0.3, -0.25) is 0 Å². The summed E-state index contributed by atoms with van der Waals surface area (Å²) in [5.41, 5.74) is -0.757. The van der Waals surface area contributed by atoms with Crippen molar-refractivity contribution in [3.05, 3.63) is 52.7 Å². The molecule has 6 nitrogen and oxygen atoms in total. The number of hydrogen-bond donors (Lipinski definition) is 0. The van der Waals surface area contributed by atoms with E-state index >= 15 is 0 Å². The number of benzene rings is 1. The molecule has 28 heavy (non-hydrogen) atoms. The maximum atomic E-state index is 13.0. The van der Waals surface area contributed by atoms with Crippen molar-refractivity contribution in [1.82, 2.24) is 9.29 Å². The van der Waals surface area contributed by atoms with Gasteiger partial charge in [-0.15, -0.1) is 0 Å². The minimum Gasteiger partial charge on any atom is -0.354 e. The average molecular weight is 431 g/mol. The molecule has 1 aromatic carbocycles. The highest BCUT2D eigenvalue weighted by Gasteiger charge is 2.36. The van der Waals surface area contributed by atoms with Gasteiger partial charge in [0.05, 0.1) is 27.1 Å². The molecule has 0 unspecified atom stereocenters. The number of nitriles is 1. The number of pyridine rings is 1. The second-order valence-corrected chi connectivity index (χ2v) is 8.39. The van der Waals surface area contributed by atoms with Crippen molar-refractivity contribution in [1.29, 1.82) is 5.26 Å². The van der Waals surface area contributed by atoms with E-state index in [1.807, 2.05) is 11.0 Å². The lowest BCUT2D eigenvalue weighted by Gasteiger charge is -2.34. The Hall–Kier alpha value is -2.35. The van der Waals surface area contributed by atoms with Gasteiger partial charge in [0, 0.05) is 32.4 Å². The molecule has 0 spiro atoms. The van der Waals surface area contributed by atoms with Gasteiger partial charge in [0.2, 0.25) is 10.0 Å². The number of alkyl halides is 3. The molecule has 1 fully saturated rings. The number of piperazine rings is 1. The molecular formula is C17H14ClF3N4O2S. The Morgan fingerprint density at radius 1 is 1.11 bits per heavy atom. The molecule has 0 radical (unpaired) electrons. The van der Waals surface area contributed by atoms with Crippen LogP contribution in [0.1, 0.15) is 11.1 Å². The fourth-order valence-electron chi connectivity index (χ4n) is 2.85. The van der Waals surface area contributed by atoms with Crippen LogP contribution in [0.5, 0.6) is 0 Å². The van der Waals surface area contributed by atoms with Gasteiger partial charge in [-0.2, -0.15) is 22.7 Å². The van der Waals surface area contributed by atoms with Crippen LogP contribution in [0.2, 0.25) is 5.02 Å². The Kier molecular flexibility index (Phi) is 5.52. The molecule has 3 rings (SSSR count). The number of hydrogen-bond acceptors (Lipinski definition) is 5. The summed E-state index contributed by atoms with van der Waals surface area (Å²) in [6.45, 7) is 0.733. The Morgan fingerprint density at radius 3 is 2.39 bits per heavy atom. The molecule has 0 aliphatic carbocycles. The Bertz CT molecular complexity index is 1030. The van der Waals surface area contributed by atoms with Crippen molar-refractivity contribution >= 4 is 27.4 Å². The topological polar surface area (TPSA) is 77.3 Å². The van der Waals surface area contributed by atoms with E-state index in [0.717, 1.165) is 16.4 Å². The summed E-state index contributed by atoms with van der Waals surface area (Å²) in [4.78, 5) is 5.53. The maximum Gasteiger partial charge on any atom is 0.417 e. The largest absolute Gasteiger partial charge is 0.417 e. The molecule has 0 amide bonds. The van der Waals surface area contributed by atoms with E-state index in [0.29, 0.717) is 30.5 Å². The second kappa shape index (κ2) is 7.58. The highest BCUT2D eigenvalue weighted by atomic mass is 35.5. The molecule has 1 aliphatic rings. The lowest BCUT2D eigenvalue weighted by atomic mass is 10.2. The molecule has 148 valence electrons. The number of halogens is 4. The molecule has 2 aromatic rings. The first kappa shape index (κ1) is 20.4. The predicted octanol–water partition coefficient (Wildman–Crippen LogP) is 3.14. The van der Waals surface area contributed by atoms with E-state index in [1.165, 1.54) is 6.20 Å². The predicted molar refractivity (Wildman–Crippen MR) is 96.4 cm³/mol. The molecule has 1 aliphatic heterocycles. The number of rotatable bonds is 3. The first-order valence-corrected chi connectivity index (χ1v) is 9.93. The van der Waals surface area contributed by atoms with Crippen LogP contribution in [0, 0.1) is 11.3 Å². The number of anilines is 1. The van der Waals surface area contributed by atoms with E-state index < -0.39 is 31.7 Å². The van der Waals surface area contributed by atoms with Crippen LogP contribution in [0.25, 0.3) is 0 Å². The van der Waals surface area contributed by atoms with E-state index in [9.17, 15) is 21.6 Å². The molecule has 0 atom stereocenters. The van der Waals surface area contributed by atoms with Crippen molar-refractivity contribution in [2.75, 3.05) is 31.1 Å². The summed E-state index contributed by atoms with van der Waals surface area (Å²) in [6, 6.07) is 7.72. The SMILES string of the molecule is N#Cc1ccnc(N2CCN(S(=O)(=O)c3ccc(Cl)c(C(F)(F)F)c3)CC2)c1. The third-order valence-corrected chi connectivity index (χ3v) is 6.54. The lowest BCUT2D eigenvalue weighted by Crippen LogP contribution is -2.49. The third kappa shape index (κ3) is 4.06. The fourth-order valence-corrected chi connectivity index (χ4v) is 4.52. The summed E-state index contributed by atoms with van der Waals surface area (Å²) in [6.07, 6.45) is -3.26. The van der Waals surface area contributed by atoms with Crippen LogP contribution < -0.4 is 4.90 Å². The number of nitrogens with zero attached hydrogens (tertiary/aromatic N) is 4. The second-order valence-electron chi connectivity index (χ2n) is 6.05. The van der Waals surface area contributed by atoms with E-state index in [4.69, 9.17) is 16.9 Å². The van der Waals surface area contributed by atoms with Gasteiger partial charge in [-0.25, -0.2) is 13.4 Å². The van der Waals surface area contributed by atoms with Gasteiger partial charge in [-0.05, 0) is 30.3 Å². The first-order chi connectivity index (χ1) is 13.1. The van der Waals surface area contributed by atoms with E-state index in [2.05, 4.69) is 4.98 Å². The van der Waals surface area contributed by atoms with E-state index in [1.54, 1.807) is 12.1 Å².